The molecular formula is C17H11N3O8. The fraction of sp³-hybridized carbons (Fsp3) is 0.0588. The van der Waals surface area contributed by atoms with Gasteiger partial charge in [-0.2, -0.15) is 0 Å². The number of nitrogens with one attached hydrogen (secondary N) is 1. The number of phenols is 1. The van der Waals surface area contributed by atoms with E-state index in [0.717, 1.165) is 36.4 Å². The van der Waals surface area contributed by atoms with Gasteiger partial charge in [-0.05, 0) is 24.3 Å². The van der Waals surface area contributed by atoms with Gasteiger partial charge < -0.3 is 15.5 Å². The molecule has 0 radical (unpaired) electrons. The number of carbonyl (C=O) groups excluding carboxylic acids is 3. The Morgan fingerprint density at radius 2 is 1.75 bits per heavy atom. The van der Waals surface area contributed by atoms with Crippen molar-refractivity contribution < 1.29 is 34.3 Å². The van der Waals surface area contributed by atoms with E-state index in [4.69, 9.17) is 5.11 Å². The highest BCUT2D eigenvalue weighted by molar-refractivity contribution is 6.23. The SMILES string of the molecule is O=C(CN1C(=O)c2ccc([N+](=O)[O-])cc2C1=O)Nc1cc(C(=O)O)ccc1O. The number of amides is 3. The number of anilines is 1. The van der Waals surface area contributed by atoms with Crippen LogP contribution >= 0.6 is 0 Å². The third-order valence-corrected chi connectivity index (χ3v) is 3.98. The van der Waals surface area contributed by atoms with Crippen LogP contribution in [0.25, 0.3) is 0 Å². The highest BCUT2D eigenvalue weighted by atomic mass is 16.6. The third kappa shape index (κ3) is 3.23. The molecule has 3 N–H and O–H groups in total. The monoisotopic (exact) mass is 385 g/mol. The molecular weight excluding hydrogens is 374 g/mol. The number of phenolic OH excluding ortho intramolecular Hbond substituents is 1. The molecule has 0 saturated heterocycles. The Bertz CT molecular complexity index is 1060. The van der Waals surface area contributed by atoms with Crippen molar-refractivity contribution in [3.05, 3.63) is 63.2 Å². The molecule has 0 unspecified atom stereocenters. The number of nitrogens with zero attached hydrogens (tertiary/aromatic N) is 2. The number of carboxylic acids is 1. The van der Waals surface area contributed by atoms with Crippen molar-refractivity contribution in [3.63, 3.8) is 0 Å². The van der Waals surface area contributed by atoms with Crippen molar-refractivity contribution >= 4 is 35.1 Å². The number of rotatable bonds is 5. The number of hydrogen-bond donors (Lipinski definition) is 3. The fourth-order valence-electron chi connectivity index (χ4n) is 2.64. The standard InChI is InChI=1S/C17H11N3O8/c21-13-4-1-8(17(25)26)5-12(13)18-14(22)7-19-15(23)10-3-2-9(20(27)28)6-11(10)16(19)24/h1-6,21H,7H2,(H,18,22)(H,25,26). The smallest absolute Gasteiger partial charge is 0.335 e. The van der Waals surface area contributed by atoms with Gasteiger partial charge in [0, 0.05) is 12.1 Å². The molecule has 3 amide bonds. The number of nitro groups is 1. The maximum absolute atomic E-state index is 12.4. The molecule has 2 aromatic carbocycles. The molecule has 11 nitrogen and oxygen atoms in total. The van der Waals surface area contributed by atoms with E-state index in [9.17, 15) is 34.4 Å². The van der Waals surface area contributed by atoms with Gasteiger partial charge in [-0.3, -0.25) is 29.4 Å². The first-order chi connectivity index (χ1) is 13.2. The van der Waals surface area contributed by atoms with Crippen LogP contribution in [0.2, 0.25) is 0 Å². The van der Waals surface area contributed by atoms with E-state index in [-0.39, 0.29) is 28.1 Å². The lowest BCUT2D eigenvalue weighted by atomic mass is 10.1. The number of benzene rings is 2. The molecule has 11 heteroatoms. The Kier molecular flexibility index (Phi) is 4.49. The summed E-state index contributed by atoms with van der Waals surface area (Å²) in [5.74, 6) is -4.23. The fourth-order valence-corrected chi connectivity index (χ4v) is 2.64. The van der Waals surface area contributed by atoms with Crippen LogP contribution in [-0.4, -0.2) is 50.3 Å². The summed E-state index contributed by atoms with van der Waals surface area (Å²) in [6.07, 6.45) is 0. The number of fused-ring (bicyclic) bond motifs is 1. The quantitative estimate of drug-likeness (QED) is 0.299. The molecule has 0 bridgehead atoms. The van der Waals surface area contributed by atoms with E-state index in [1.807, 2.05) is 0 Å². The summed E-state index contributed by atoms with van der Waals surface area (Å²) < 4.78 is 0. The Hall–Kier alpha value is -4.28. The first kappa shape index (κ1) is 18.5. The molecule has 1 aliphatic heterocycles. The molecule has 0 fully saturated rings. The van der Waals surface area contributed by atoms with Gasteiger partial charge in [0.2, 0.25) is 5.91 Å². The lowest BCUT2D eigenvalue weighted by molar-refractivity contribution is -0.384. The average Bonchev–Trinajstić information content (AvgIpc) is 2.87. The van der Waals surface area contributed by atoms with Crippen LogP contribution in [-0.2, 0) is 4.79 Å². The lowest BCUT2D eigenvalue weighted by Crippen LogP contribution is -2.37. The number of nitro benzene ring substituents is 1. The molecule has 1 aliphatic rings. The maximum Gasteiger partial charge on any atom is 0.335 e. The zero-order valence-electron chi connectivity index (χ0n) is 13.9. The van der Waals surface area contributed by atoms with E-state index >= 15 is 0 Å². The number of aromatic hydroxyl groups is 1. The number of aromatic carboxylic acids is 1. The molecule has 0 saturated carbocycles. The summed E-state index contributed by atoms with van der Waals surface area (Å²) in [6, 6.07) is 6.37. The molecule has 0 atom stereocenters. The first-order valence-corrected chi connectivity index (χ1v) is 7.70. The minimum atomic E-state index is -1.28. The Balaban J connectivity index is 1.79. The summed E-state index contributed by atoms with van der Waals surface area (Å²) in [4.78, 5) is 58.5. The van der Waals surface area contributed by atoms with Crippen molar-refractivity contribution in [2.24, 2.45) is 0 Å². The van der Waals surface area contributed by atoms with Crippen LogP contribution < -0.4 is 5.32 Å². The molecule has 1 heterocycles. The second-order valence-corrected chi connectivity index (χ2v) is 5.77. The summed E-state index contributed by atoms with van der Waals surface area (Å²) in [5, 5.41) is 31.7. The van der Waals surface area contributed by atoms with E-state index in [2.05, 4.69) is 5.32 Å². The normalized spacial score (nSPS) is 12.6. The van der Waals surface area contributed by atoms with E-state index in [0.29, 0.717) is 4.90 Å². The van der Waals surface area contributed by atoms with Gasteiger partial charge in [0.05, 0.1) is 27.3 Å². The van der Waals surface area contributed by atoms with Crippen molar-refractivity contribution in [1.29, 1.82) is 0 Å². The van der Waals surface area contributed by atoms with Crippen LogP contribution in [0.15, 0.2) is 36.4 Å². The van der Waals surface area contributed by atoms with Gasteiger partial charge in [-0.1, -0.05) is 0 Å². The Morgan fingerprint density at radius 3 is 2.39 bits per heavy atom. The lowest BCUT2D eigenvalue weighted by Gasteiger charge is -2.14. The van der Waals surface area contributed by atoms with E-state index in [1.54, 1.807) is 0 Å². The van der Waals surface area contributed by atoms with Gasteiger partial charge in [-0.15, -0.1) is 0 Å². The topological polar surface area (TPSA) is 167 Å². The minimum Gasteiger partial charge on any atom is -0.506 e. The molecule has 0 aromatic heterocycles. The summed E-state index contributed by atoms with van der Waals surface area (Å²) in [6.45, 7) is -0.725. The second-order valence-electron chi connectivity index (χ2n) is 5.77. The van der Waals surface area contributed by atoms with Crippen LogP contribution in [0.1, 0.15) is 31.1 Å². The minimum absolute atomic E-state index is 0.0703. The van der Waals surface area contributed by atoms with Crippen molar-refractivity contribution in [2.45, 2.75) is 0 Å². The summed E-state index contributed by atoms with van der Waals surface area (Å²) >= 11 is 0. The van der Waals surface area contributed by atoms with Crippen molar-refractivity contribution in [3.8, 4) is 5.75 Å². The number of non-ortho nitro benzene ring substituents is 1. The highest BCUT2D eigenvalue weighted by Crippen LogP contribution is 2.27. The summed E-state index contributed by atoms with van der Waals surface area (Å²) in [7, 11) is 0. The Labute approximate surface area is 156 Å². The highest BCUT2D eigenvalue weighted by Gasteiger charge is 2.37. The van der Waals surface area contributed by atoms with E-state index < -0.39 is 40.9 Å². The Morgan fingerprint density at radius 1 is 1.07 bits per heavy atom. The third-order valence-electron chi connectivity index (χ3n) is 3.98. The van der Waals surface area contributed by atoms with Crippen molar-refractivity contribution in [1.82, 2.24) is 4.90 Å². The van der Waals surface area contributed by atoms with Crippen LogP contribution in [0, 0.1) is 10.1 Å². The van der Waals surface area contributed by atoms with Gasteiger partial charge in [0.25, 0.3) is 17.5 Å². The molecule has 142 valence electrons. The number of imide groups is 1. The van der Waals surface area contributed by atoms with Gasteiger partial charge >= 0.3 is 5.97 Å². The largest absolute Gasteiger partial charge is 0.506 e. The maximum atomic E-state index is 12.4. The van der Waals surface area contributed by atoms with E-state index in [1.165, 1.54) is 0 Å². The van der Waals surface area contributed by atoms with Gasteiger partial charge in [0.15, 0.2) is 0 Å². The average molecular weight is 385 g/mol. The van der Waals surface area contributed by atoms with Gasteiger partial charge in [-0.25, -0.2) is 4.79 Å². The number of carbonyl (C=O) groups is 4. The number of hydrogen-bond acceptors (Lipinski definition) is 7. The van der Waals surface area contributed by atoms with Crippen molar-refractivity contribution in [2.75, 3.05) is 11.9 Å². The number of carboxylic acid groups (broad SMARTS) is 1. The predicted molar refractivity (Wildman–Crippen MR) is 92.2 cm³/mol. The van der Waals surface area contributed by atoms with Gasteiger partial charge in [0.1, 0.15) is 12.3 Å². The zero-order valence-corrected chi connectivity index (χ0v) is 13.9. The molecule has 2 aromatic rings. The summed E-state index contributed by atoms with van der Waals surface area (Å²) in [5.41, 5.74) is -1.04. The zero-order chi connectivity index (χ0) is 20.6. The second kappa shape index (κ2) is 6.79. The molecule has 0 aliphatic carbocycles. The van der Waals surface area contributed by atoms with Crippen LogP contribution in [0.5, 0.6) is 5.75 Å². The van der Waals surface area contributed by atoms with Crippen LogP contribution in [0.3, 0.4) is 0 Å². The van der Waals surface area contributed by atoms with Crippen LogP contribution in [0.4, 0.5) is 11.4 Å². The molecule has 0 spiro atoms. The first-order valence-electron chi connectivity index (χ1n) is 7.70. The molecule has 28 heavy (non-hydrogen) atoms. The molecule has 3 rings (SSSR count). The predicted octanol–water partition coefficient (Wildman–Crippen LogP) is 1.23.